The zero-order chi connectivity index (χ0) is 10.6. The minimum absolute atomic E-state index is 0.0918. The van der Waals surface area contributed by atoms with Gasteiger partial charge in [-0.05, 0) is 26.7 Å². The second-order valence-electron chi connectivity index (χ2n) is 3.77. The van der Waals surface area contributed by atoms with Crippen LogP contribution in [-0.4, -0.2) is 29.7 Å². The lowest BCUT2D eigenvalue weighted by molar-refractivity contribution is 0.0751. The van der Waals surface area contributed by atoms with E-state index in [0.29, 0.717) is 19.0 Å². The first kappa shape index (κ1) is 10.8. The molecule has 1 aliphatic rings. The maximum Gasteiger partial charge on any atom is 0.410 e. The Hall–Kier alpha value is -1.24. The molecule has 1 aliphatic carbocycles. The first-order valence-electron chi connectivity index (χ1n) is 4.99. The SMILES string of the molecule is CC(C)OC(=O)N(CCC#N)C1CC1. The molecule has 0 unspecified atom stereocenters. The second kappa shape index (κ2) is 4.85. The van der Waals surface area contributed by atoms with Crippen LogP contribution in [0.2, 0.25) is 0 Å². The number of nitrogens with zero attached hydrogens (tertiary/aromatic N) is 2. The maximum absolute atomic E-state index is 11.5. The molecule has 78 valence electrons. The van der Waals surface area contributed by atoms with Crippen LogP contribution in [0.4, 0.5) is 4.79 Å². The number of hydrogen-bond acceptors (Lipinski definition) is 3. The van der Waals surface area contributed by atoms with Gasteiger partial charge >= 0.3 is 6.09 Å². The minimum Gasteiger partial charge on any atom is -0.447 e. The molecule has 14 heavy (non-hydrogen) atoms. The number of rotatable bonds is 4. The van der Waals surface area contributed by atoms with Crippen LogP contribution in [0, 0.1) is 11.3 Å². The van der Waals surface area contributed by atoms with Gasteiger partial charge in [0.2, 0.25) is 0 Å². The van der Waals surface area contributed by atoms with E-state index in [1.807, 2.05) is 19.9 Å². The zero-order valence-electron chi connectivity index (χ0n) is 8.69. The van der Waals surface area contributed by atoms with E-state index in [-0.39, 0.29) is 12.2 Å². The van der Waals surface area contributed by atoms with E-state index >= 15 is 0 Å². The molecule has 0 aromatic rings. The monoisotopic (exact) mass is 196 g/mol. The van der Waals surface area contributed by atoms with E-state index in [0.717, 1.165) is 12.8 Å². The summed E-state index contributed by atoms with van der Waals surface area (Å²) in [5.41, 5.74) is 0. The van der Waals surface area contributed by atoms with Gasteiger partial charge in [0.1, 0.15) is 0 Å². The Morgan fingerprint density at radius 3 is 2.71 bits per heavy atom. The fourth-order valence-corrected chi connectivity index (χ4v) is 1.25. The highest BCUT2D eigenvalue weighted by atomic mass is 16.6. The standard InChI is InChI=1S/C10H16N2O2/c1-8(2)14-10(13)12(7-3-6-11)9-4-5-9/h8-9H,3-5,7H2,1-2H3. The summed E-state index contributed by atoms with van der Waals surface area (Å²) in [6, 6.07) is 2.35. The summed E-state index contributed by atoms with van der Waals surface area (Å²) >= 11 is 0. The molecule has 0 aromatic heterocycles. The van der Waals surface area contributed by atoms with Gasteiger partial charge in [0.05, 0.1) is 18.6 Å². The van der Waals surface area contributed by atoms with Crippen molar-refractivity contribution in [3.63, 3.8) is 0 Å². The Kier molecular flexibility index (Phi) is 3.75. The van der Waals surface area contributed by atoms with Gasteiger partial charge in [-0.25, -0.2) is 4.79 Å². The van der Waals surface area contributed by atoms with Crippen molar-refractivity contribution in [2.75, 3.05) is 6.54 Å². The minimum atomic E-state index is -0.280. The number of carbonyl (C=O) groups excluding carboxylic acids is 1. The molecule has 0 aromatic carbocycles. The highest BCUT2D eigenvalue weighted by molar-refractivity contribution is 5.68. The van der Waals surface area contributed by atoms with Crippen LogP contribution >= 0.6 is 0 Å². The van der Waals surface area contributed by atoms with E-state index in [9.17, 15) is 4.79 Å². The fourth-order valence-electron chi connectivity index (χ4n) is 1.25. The summed E-state index contributed by atoms with van der Waals surface area (Å²) in [7, 11) is 0. The fraction of sp³-hybridized carbons (Fsp3) is 0.800. The Bertz CT molecular complexity index is 241. The molecule has 0 saturated heterocycles. The molecule has 1 saturated carbocycles. The lowest BCUT2D eigenvalue weighted by Gasteiger charge is -2.21. The Morgan fingerprint density at radius 2 is 2.29 bits per heavy atom. The number of hydrogen-bond donors (Lipinski definition) is 0. The molecule has 0 spiro atoms. The second-order valence-corrected chi connectivity index (χ2v) is 3.77. The third-order valence-electron chi connectivity index (χ3n) is 2.02. The van der Waals surface area contributed by atoms with Crippen molar-refractivity contribution in [1.82, 2.24) is 4.90 Å². The molecule has 4 nitrogen and oxygen atoms in total. The van der Waals surface area contributed by atoms with Crippen molar-refractivity contribution < 1.29 is 9.53 Å². The first-order chi connectivity index (χ1) is 6.65. The van der Waals surface area contributed by atoms with Gasteiger partial charge in [-0.2, -0.15) is 5.26 Å². The molecule has 0 bridgehead atoms. The average molecular weight is 196 g/mol. The molecule has 0 aliphatic heterocycles. The van der Waals surface area contributed by atoms with Gasteiger partial charge in [0.25, 0.3) is 0 Å². The van der Waals surface area contributed by atoms with Crippen molar-refractivity contribution >= 4 is 6.09 Å². The smallest absolute Gasteiger partial charge is 0.410 e. The molecule has 1 amide bonds. The van der Waals surface area contributed by atoms with Crippen molar-refractivity contribution in [2.24, 2.45) is 0 Å². The van der Waals surface area contributed by atoms with E-state index in [1.165, 1.54) is 0 Å². The van der Waals surface area contributed by atoms with E-state index in [2.05, 4.69) is 0 Å². The molecular formula is C10H16N2O2. The van der Waals surface area contributed by atoms with E-state index in [4.69, 9.17) is 10.00 Å². The predicted molar refractivity (Wildman–Crippen MR) is 51.6 cm³/mol. The molecular weight excluding hydrogens is 180 g/mol. The molecule has 1 fully saturated rings. The lowest BCUT2D eigenvalue weighted by atomic mass is 10.4. The van der Waals surface area contributed by atoms with Gasteiger partial charge in [0.15, 0.2) is 0 Å². The van der Waals surface area contributed by atoms with Gasteiger partial charge in [-0.15, -0.1) is 0 Å². The summed E-state index contributed by atoms with van der Waals surface area (Å²) in [6.45, 7) is 4.15. The van der Waals surface area contributed by atoms with Crippen LogP contribution in [0.15, 0.2) is 0 Å². The lowest BCUT2D eigenvalue weighted by Crippen LogP contribution is -2.35. The van der Waals surface area contributed by atoms with Gasteiger partial charge < -0.3 is 9.64 Å². The summed E-state index contributed by atoms with van der Waals surface area (Å²) in [6.07, 6.45) is 2.09. The topological polar surface area (TPSA) is 53.3 Å². The summed E-state index contributed by atoms with van der Waals surface area (Å²) in [5.74, 6) is 0. The van der Waals surface area contributed by atoms with Crippen LogP contribution in [0.1, 0.15) is 33.1 Å². The summed E-state index contributed by atoms with van der Waals surface area (Å²) in [4.78, 5) is 13.2. The van der Waals surface area contributed by atoms with Crippen molar-refractivity contribution in [3.8, 4) is 6.07 Å². The third kappa shape index (κ3) is 3.25. The maximum atomic E-state index is 11.5. The van der Waals surface area contributed by atoms with E-state index in [1.54, 1.807) is 4.90 Å². The summed E-state index contributed by atoms with van der Waals surface area (Å²) < 4.78 is 5.09. The van der Waals surface area contributed by atoms with E-state index < -0.39 is 0 Å². The molecule has 0 radical (unpaired) electrons. The van der Waals surface area contributed by atoms with Crippen molar-refractivity contribution in [3.05, 3.63) is 0 Å². The number of amides is 1. The Balaban J connectivity index is 2.41. The number of nitriles is 1. The predicted octanol–water partition coefficient (Wildman–Crippen LogP) is 1.91. The molecule has 0 N–H and O–H groups in total. The molecule has 4 heteroatoms. The van der Waals surface area contributed by atoms with Gasteiger partial charge in [-0.1, -0.05) is 0 Å². The highest BCUT2D eigenvalue weighted by Gasteiger charge is 2.33. The van der Waals surface area contributed by atoms with Crippen LogP contribution in [0.5, 0.6) is 0 Å². The first-order valence-corrected chi connectivity index (χ1v) is 4.99. The van der Waals surface area contributed by atoms with Gasteiger partial charge in [0, 0.05) is 12.6 Å². The number of ether oxygens (including phenoxy) is 1. The van der Waals surface area contributed by atoms with Crippen LogP contribution in [-0.2, 0) is 4.74 Å². The molecule has 1 rings (SSSR count). The molecule has 0 heterocycles. The quantitative estimate of drug-likeness (QED) is 0.690. The van der Waals surface area contributed by atoms with Crippen molar-refractivity contribution in [1.29, 1.82) is 5.26 Å². The van der Waals surface area contributed by atoms with Gasteiger partial charge in [-0.3, -0.25) is 0 Å². The summed E-state index contributed by atoms with van der Waals surface area (Å²) in [5, 5.41) is 8.45. The highest BCUT2D eigenvalue weighted by Crippen LogP contribution is 2.27. The Morgan fingerprint density at radius 1 is 1.64 bits per heavy atom. The normalized spacial score (nSPS) is 15.0. The largest absolute Gasteiger partial charge is 0.447 e. The van der Waals surface area contributed by atoms with Crippen LogP contribution in [0.3, 0.4) is 0 Å². The van der Waals surface area contributed by atoms with Crippen molar-refractivity contribution in [2.45, 2.75) is 45.3 Å². The van der Waals surface area contributed by atoms with Crippen LogP contribution in [0.25, 0.3) is 0 Å². The zero-order valence-corrected chi connectivity index (χ0v) is 8.69. The van der Waals surface area contributed by atoms with Crippen LogP contribution < -0.4 is 0 Å². The molecule has 0 atom stereocenters. The third-order valence-corrected chi connectivity index (χ3v) is 2.02. The number of carbonyl (C=O) groups is 1. The Labute approximate surface area is 84.4 Å². The average Bonchev–Trinajstić information content (AvgIpc) is 2.87.